The molecule has 2 aromatic carbocycles. The average Bonchev–Trinajstić information content (AvgIpc) is 3.41. The molecule has 2 aromatic rings. The molecule has 3 amide bonds. The zero-order chi connectivity index (χ0) is 23.2. The largest absolute Gasteiger partial charge is 0.324 e. The molecule has 0 unspecified atom stereocenters. The van der Waals surface area contributed by atoms with Crippen LogP contribution in [0.5, 0.6) is 0 Å². The Balaban J connectivity index is 1.54. The van der Waals surface area contributed by atoms with Gasteiger partial charge in [-0.3, -0.25) is 24.6 Å². The Morgan fingerprint density at radius 2 is 1.82 bits per heavy atom. The third-order valence-electron chi connectivity index (χ3n) is 7.41. The molecule has 3 heterocycles. The number of hydrogen-bond acceptors (Lipinski definition) is 5. The lowest BCUT2D eigenvalue weighted by Gasteiger charge is -2.29. The zero-order valence-corrected chi connectivity index (χ0v) is 19.8. The van der Waals surface area contributed by atoms with E-state index < -0.39 is 17.4 Å². The Labute approximate surface area is 198 Å². The highest BCUT2D eigenvalue weighted by atomic mass is 32.2. The van der Waals surface area contributed by atoms with Crippen LogP contribution >= 0.6 is 11.8 Å². The third kappa shape index (κ3) is 3.32. The molecule has 2 saturated heterocycles. The molecule has 5 rings (SSSR count). The Bertz CT molecular complexity index is 1110. The lowest BCUT2D eigenvalue weighted by molar-refractivity contribution is -0.142. The van der Waals surface area contributed by atoms with Crippen LogP contribution in [0, 0.1) is 11.8 Å². The molecule has 7 heteroatoms. The van der Waals surface area contributed by atoms with Crippen LogP contribution in [-0.2, 0) is 32.8 Å². The highest BCUT2D eigenvalue weighted by Crippen LogP contribution is 2.54. The van der Waals surface area contributed by atoms with Crippen LogP contribution in [0.1, 0.15) is 30.0 Å². The number of imide groups is 1. The molecule has 0 aromatic heterocycles. The van der Waals surface area contributed by atoms with Crippen molar-refractivity contribution in [2.24, 2.45) is 11.8 Å². The first-order valence-electron chi connectivity index (χ1n) is 11.6. The number of carbonyl (C=O) groups excluding carboxylic acids is 3. The Hall–Kier alpha value is -2.64. The maximum Gasteiger partial charge on any atom is 0.250 e. The van der Waals surface area contributed by atoms with Crippen LogP contribution in [0.15, 0.2) is 48.5 Å². The van der Waals surface area contributed by atoms with E-state index in [1.165, 1.54) is 4.90 Å². The van der Waals surface area contributed by atoms with E-state index >= 15 is 0 Å². The lowest BCUT2D eigenvalue weighted by atomic mass is 9.76. The molecule has 6 nitrogen and oxygen atoms in total. The van der Waals surface area contributed by atoms with Gasteiger partial charge in [0, 0.05) is 23.8 Å². The average molecular weight is 464 g/mol. The maximum absolute atomic E-state index is 13.8. The SMILES string of the molecule is CCc1cccc2c1NC(=O)[C@]21N[C@@H](CCSC)[C@H]2C(=O)N(CCc3ccccc3)C(=O)[C@@H]21. The summed E-state index contributed by atoms with van der Waals surface area (Å²) >= 11 is 1.71. The molecule has 3 aliphatic rings. The van der Waals surface area contributed by atoms with E-state index in [1.54, 1.807) is 11.8 Å². The van der Waals surface area contributed by atoms with Crippen molar-refractivity contribution < 1.29 is 14.4 Å². The van der Waals surface area contributed by atoms with Gasteiger partial charge in [0.15, 0.2) is 0 Å². The van der Waals surface area contributed by atoms with Crippen LogP contribution in [0.2, 0.25) is 0 Å². The number of fused-ring (bicyclic) bond motifs is 4. The van der Waals surface area contributed by atoms with Crippen molar-refractivity contribution in [3.63, 3.8) is 0 Å². The van der Waals surface area contributed by atoms with E-state index in [0.29, 0.717) is 13.0 Å². The van der Waals surface area contributed by atoms with Crippen LogP contribution < -0.4 is 10.6 Å². The number of thioether (sulfide) groups is 1. The van der Waals surface area contributed by atoms with Gasteiger partial charge in [-0.1, -0.05) is 55.5 Å². The minimum atomic E-state index is -1.19. The number of aryl methyl sites for hydroxylation is 1. The number of benzene rings is 2. The summed E-state index contributed by atoms with van der Waals surface area (Å²) in [6.45, 7) is 2.39. The summed E-state index contributed by atoms with van der Waals surface area (Å²) in [6.07, 6.45) is 4.14. The molecule has 4 atom stereocenters. The van der Waals surface area contributed by atoms with Crippen LogP contribution in [0.25, 0.3) is 0 Å². The number of hydrogen-bond donors (Lipinski definition) is 2. The number of nitrogens with one attached hydrogen (secondary N) is 2. The van der Waals surface area contributed by atoms with Gasteiger partial charge in [0.05, 0.1) is 11.8 Å². The molecule has 33 heavy (non-hydrogen) atoms. The number of para-hydroxylation sites is 1. The Morgan fingerprint density at radius 1 is 1.03 bits per heavy atom. The topological polar surface area (TPSA) is 78.5 Å². The van der Waals surface area contributed by atoms with Crippen molar-refractivity contribution in [1.82, 2.24) is 10.2 Å². The molecule has 1 spiro atoms. The third-order valence-corrected chi connectivity index (χ3v) is 8.05. The standard InChI is InChI=1S/C26H29N3O3S/c1-3-17-10-7-11-18-22(17)27-25(32)26(18)21-20(19(28-26)13-15-33-2)23(30)29(24(21)31)14-12-16-8-5-4-6-9-16/h4-11,19-21,28H,3,12-15H2,1-2H3,(H,27,32)/t19-,20+,21+,26-/m0/s1. The minimum absolute atomic E-state index is 0.149. The number of carbonyl (C=O) groups is 3. The number of rotatable bonds is 7. The summed E-state index contributed by atoms with van der Waals surface area (Å²) in [7, 11) is 0. The van der Waals surface area contributed by atoms with E-state index in [-0.39, 0.29) is 23.8 Å². The van der Waals surface area contributed by atoms with Crippen molar-refractivity contribution in [3.8, 4) is 0 Å². The van der Waals surface area contributed by atoms with Crippen molar-refractivity contribution in [2.45, 2.75) is 37.8 Å². The minimum Gasteiger partial charge on any atom is -0.324 e. The van der Waals surface area contributed by atoms with E-state index in [9.17, 15) is 14.4 Å². The highest BCUT2D eigenvalue weighted by Gasteiger charge is 2.70. The van der Waals surface area contributed by atoms with E-state index in [1.807, 2.05) is 54.8 Å². The van der Waals surface area contributed by atoms with Crippen LogP contribution in [0.3, 0.4) is 0 Å². The van der Waals surface area contributed by atoms with E-state index in [2.05, 4.69) is 17.6 Å². The van der Waals surface area contributed by atoms with Crippen LogP contribution in [-0.4, -0.2) is 47.2 Å². The van der Waals surface area contributed by atoms with Crippen molar-refractivity contribution in [2.75, 3.05) is 23.9 Å². The van der Waals surface area contributed by atoms with Gasteiger partial charge in [-0.2, -0.15) is 11.8 Å². The lowest BCUT2D eigenvalue weighted by Crippen LogP contribution is -2.53. The first-order valence-corrected chi connectivity index (χ1v) is 13.0. The highest BCUT2D eigenvalue weighted by molar-refractivity contribution is 7.98. The normalized spacial score (nSPS) is 27.9. The summed E-state index contributed by atoms with van der Waals surface area (Å²) in [5.74, 6) is -0.991. The van der Waals surface area contributed by atoms with Gasteiger partial charge in [-0.25, -0.2) is 0 Å². The maximum atomic E-state index is 13.8. The summed E-state index contributed by atoms with van der Waals surface area (Å²) in [4.78, 5) is 42.4. The van der Waals surface area contributed by atoms with Crippen LogP contribution in [0.4, 0.5) is 5.69 Å². The van der Waals surface area contributed by atoms with Gasteiger partial charge < -0.3 is 5.32 Å². The van der Waals surface area contributed by atoms with Gasteiger partial charge in [0.1, 0.15) is 5.54 Å². The van der Waals surface area contributed by atoms with Crippen molar-refractivity contribution >= 4 is 35.2 Å². The first kappa shape index (κ1) is 22.2. The van der Waals surface area contributed by atoms with E-state index in [4.69, 9.17) is 0 Å². The van der Waals surface area contributed by atoms with Crippen molar-refractivity contribution in [1.29, 1.82) is 0 Å². The molecule has 2 N–H and O–H groups in total. The summed E-state index contributed by atoms with van der Waals surface area (Å²) < 4.78 is 0. The molecule has 0 bridgehead atoms. The second-order valence-corrected chi connectivity index (χ2v) is 10.0. The monoisotopic (exact) mass is 463 g/mol. The van der Waals surface area contributed by atoms with Gasteiger partial charge in [-0.05, 0) is 42.4 Å². The van der Waals surface area contributed by atoms with Gasteiger partial charge in [0.2, 0.25) is 17.7 Å². The molecule has 3 aliphatic heterocycles. The number of anilines is 1. The smallest absolute Gasteiger partial charge is 0.250 e. The second-order valence-electron chi connectivity index (χ2n) is 9.05. The number of likely N-dealkylation sites (tertiary alicyclic amines) is 1. The fourth-order valence-electron chi connectivity index (χ4n) is 5.84. The fourth-order valence-corrected chi connectivity index (χ4v) is 6.33. The van der Waals surface area contributed by atoms with Crippen molar-refractivity contribution in [3.05, 3.63) is 65.2 Å². The molecule has 172 valence electrons. The van der Waals surface area contributed by atoms with Gasteiger partial charge in [-0.15, -0.1) is 0 Å². The summed E-state index contributed by atoms with van der Waals surface area (Å²) in [5.41, 5.74) is 2.53. The molecule has 0 saturated carbocycles. The Kier molecular flexibility index (Phi) is 5.79. The molecule has 2 fully saturated rings. The molecule has 0 radical (unpaired) electrons. The zero-order valence-electron chi connectivity index (χ0n) is 19.0. The number of amides is 3. The van der Waals surface area contributed by atoms with Gasteiger partial charge in [0.25, 0.3) is 0 Å². The molecular weight excluding hydrogens is 434 g/mol. The van der Waals surface area contributed by atoms with E-state index in [0.717, 1.165) is 41.0 Å². The molecular formula is C26H29N3O3S. The Morgan fingerprint density at radius 3 is 2.55 bits per heavy atom. The quantitative estimate of drug-likeness (QED) is 0.618. The molecule has 0 aliphatic carbocycles. The summed E-state index contributed by atoms with van der Waals surface area (Å²) in [6, 6.07) is 15.5. The predicted octanol–water partition coefficient (Wildman–Crippen LogP) is 2.97. The predicted molar refractivity (Wildman–Crippen MR) is 130 cm³/mol. The summed E-state index contributed by atoms with van der Waals surface area (Å²) in [5, 5.41) is 6.58. The number of nitrogens with zero attached hydrogens (tertiary/aromatic N) is 1. The van der Waals surface area contributed by atoms with Gasteiger partial charge >= 0.3 is 0 Å². The fraction of sp³-hybridized carbons (Fsp3) is 0.423. The first-order chi connectivity index (χ1) is 16.0. The second kappa shape index (κ2) is 8.61.